The van der Waals surface area contributed by atoms with Gasteiger partial charge in [0.15, 0.2) is 5.82 Å². The highest BCUT2D eigenvalue weighted by Gasteiger charge is 2.28. The van der Waals surface area contributed by atoms with E-state index in [1.54, 1.807) is 35.2 Å². The number of carbonyl (C=O) groups is 2. The van der Waals surface area contributed by atoms with Crippen LogP contribution < -0.4 is 5.32 Å². The van der Waals surface area contributed by atoms with E-state index in [0.29, 0.717) is 28.9 Å². The molecular formula is C16H16ClN3O3. The fourth-order valence-electron chi connectivity index (χ4n) is 2.27. The van der Waals surface area contributed by atoms with Crippen molar-refractivity contribution in [3.8, 4) is 0 Å². The van der Waals surface area contributed by atoms with Gasteiger partial charge in [-0.05, 0) is 37.0 Å². The van der Waals surface area contributed by atoms with Gasteiger partial charge in [0.25, 0.3) is 5.91 Å². The first-order chi connectivity index (χ1) is 11.1. The van der Waals surface area contributed by atoms with Crippen molar-refractivity contribution in [1.82, 2.24) is 10.1 Å². The molecule has 0 unspecified atom stereocenters. The molecule has 0 spiro atoms. The zero-order valence-corrected chi connectivity index (χ0v) is 13.1. The number of aromatic nitrogens is 1. The number of halogens is 1. The molecular weight excluding hydrogens is 318 g/mol. The monoisotopic (exact) mass is 333 g/mol. The summed E-state index contributed by atoms with van der Waals surface area (Å²) in [6, 6.07) is 8.28. The lowest BCUT2D eigenvalue weighted by molar-refractivity contribution is -0.117. The number of amides is 2. The molecule has 2 amide bonds. The topological polar surface area (TPSA) is 75.4 Å². The molecule has 0 bridgehead atoms. The average molecular weight is 334 g/mol. The Balaban J connectivity index is 1.69. The Morgan fingerprint density at radius 1 is 1.35 bits per heavy atom. The molecule has 1 aromatic carbocycles. The normalized spacial score (nSPS) is 13.6. The van der Waals surface area contributed by atoms with Gasteiger partial charge in [0.2, 0.25) is 5.91 Å². The molecule has 0 atom stereocenters. The third-order valence-electron chi connectivity index (χ3n) is 3.57. The van der Waals surface area contributed by atoms with E-state index in [4.69, 9.17) is 11.6 Å². The lowest BCUT2D eigenvalue weighted by atomic mass is 10.2. The lowest BCUT2D eigenvalue weighted by Crippen LogP contribution is -2.39. The van der Waals surface area contributed by atoms with Crippen LogP contribution in [-0.4, -0.2) is 35.0 Å². The van der Waals surface area contributed by atoms with Gasteiger partial charge in [-0.2, -0.15) is 0 Å². The van der Waals surface area contributed by atoms with Gasteiger partial charge in [-0.25, -0.2) is 0 Å². The van der Waals surface area contributed by atoms with Gasteiger partial charge in [-0.1, -0.05) is 22.8 Å². The third-order valence-corrected chi connectivity index (χ3v) is 3.81. The van der Waals surface area contributed by atoms with E-state index in [1.807, 2.05) is 0 Å². The van der Waals surface area contributed by atoms with Gasteiger partial charge in [0, 0.05) is 23.2 Å². The van der Waals surface area contributed by atoms with E-state index in [0.717, 1.165) is 12.8 Å². The Morgan fingerprint density at radius 3 is 2.83 bits per heavy atom. The van der Waals surface area contributed by atoms with E-state index >= 15 is 0 Å². The second-order valence-corrected chi connectivity index (χ2v) is 6.01. The molecule has 0 radical (unpaired) electrons. The Kier molecular flexibility index (Phi) is 4.62. The van der Waals surface area contributed by atoms with Crippen LogP contribution in [0.15, 0.2) is 41.1 Å². The predicted octanol–water partition coefficient (Wildman–Crippen LogP) is 2.82. The van der Waals surface area contributed by atoms with E-state index < -0.39 is 0 Å². The largest absolute Gasteiger partial charge is 0.363 e. The number of hydrogen-bond donors (Lipinski definition) is 1. The maximum absolute atomic E-state index is 12.7. The molecule has 0 aliphatic heterocycles. The van der Waals surface area contributed by atoms with Crippen LogP contribution in [0.25, 0.3) is 0 Å². The summed E-state index contributed by atoms with van der Waals surface area (Å²) in [6.07, 6.45) is 3.54. The summed E-state index contributed by atoms with van der Waals surface area (Å²) in [7, 11) is 0. The number of rotatable bonds is 6. The molecule has 3 rings (SSSR count). The van der Waals surface area contributed by atoms with Crippen LogP contribution >= 0.6 is 11.6 Å². The molecule has 1 saturated carbocycles. The number of nitrogens with zero attached hydrogens (tertiary/aromatic N) is 2. The number of carbonyl (C=O) groups excluding carboxylic acids is 2. The summed E-state index contributed by atoms with van der Waals surface area (Å²) in [6.45, 7) is 0.534. The second kappa shape index (κ2) is 6.83. The van der Waals surface area contributed by atoms with Crippen molar-refractivity contribution in [3.63, 3.8) is 0 Å². The first-order valence-corrected chi connectivity index (χ1v) is 7.74. The molecule has 6 nitrogen and oxygen atoms in total. The van der Waals surface area contributed by atoms with Crippen LogP contribution in [0.4, 0.5) is 5.82 Å². The Hall–Kier alpha value is -2.34. The minimum absolute atomic E-state index is 0.0330. The van der Waals surface area contributed by atoms with Crippen molar-refractivity contribution in [2.45, 2.75) is 12.8 Å². The minimum Gasteiger partial charge on any atom is -0.363 e. The first kappa shape index (κ1) is 15.6. The van der Waals surface area contributed by atoms with E-state index in [-0.39, 0.29) is 18.4 Å². The fourth-order valence-corrected chi connectivity index (χ4v) is 2.46. The van der Waals surface area contributed by atoms with Crippen LogP contribution in [0, 0.1) is 5.92 Å². The van der Waals surface area contributed by atoms with Crippen molar-refractivity contribution in [3.05, 3.63) is 47.2 Å². The summed E-state index contributed by atoms with van der Waals surface area (Å²) in [4.78, 5) is 26.3. The van der Waals surface area contributed by atoms with Crippen LogP contribution in [0.1, 0.15) is 23.2 Å². The molecule has 0 saturated heterocycles. The molecule has 1 aliphatic rings. The van der Waals surface area contributed by atoms with E-state index in [9.17, 15) is 9.59 Å². The van der Waals surface area contributed by atoms with Gasteiger partial charge >= 0.3 is 0 Å². The van der Waals surface area contributed by atoms with Crippen LogP contribution in [0.2, 0.25) is 5.02 Å². The van der Waals surface area contributed by atoms with Crippen LogP contribution in [-0.2, 0) is 4.79 Å². The molecule has 1 heterocycles. The van der Waals surface area contributed by atoms with Gasteiger partial charge in [0.1, 0.15) is 12.8 Å². The molecule has 1 N–H and O–H groups in total. The van der Waals surface area contributed by atoms with Crippen molar-refractivity contribution >= 4 is 29.2 Å². The quantitative estimate of drug-likeness (QED) is 0.882. The lowest BCUT2D eigenvalue weighted by Gasteiger charge is -2.22. The van der Waals surface area contributed by atoms with Gasteiger partial charge in [-0.3, -0.25) is 9.59 Å². The summed E-state index contributed by atoms with van der Waals surface area (Å²) in [5.41, 5.74) is 0.479. The maximum Gasteiger partial charge on any atom is 0.254 e. The standard InChI is InChI=1S/C16H16ClN3O3/c17-13-3-1-2-12(8-13)16(22)20(9-11-4-5-11)10-15(21)18-14-6-7-23-19-14/h1-3,6-8,11H,4-5,9-10H2,(H,18,19,21). The van der Waals surface area contributed by atoms with Crippen molar-refractivity contribution in [2.75, 3.05) is 18.4 Å². The second-order valence-electron chi connectivity index (χ2n) is 5.57. The zero-order valence-electron chi connectivity index (χ0n) is 12.4. The average Bonchev–Trinajstić information content (AvgIpc) is 3.20. The highest BCUT2D eigenvalue weighted by Crippen LogP contribution is 2.30. The summed E-state index contributed by atoms with van der Waals surface area (Å²) < 4.78 is 4.66. The van der Waals surface area contributed by atoms with Crippen LogP contribution in [0.5, 0.6) is 0 Å². The number of nitrogens with one attached hydrogen (secondary N) is 1. The number of hydrogen-bond acceptors (Lipinski definition) is 4. The summed E-state index contributed by atoms with van der Waals surface area (Å²) in [5, 5.41) is 6.72. The Bertz CT molecular complexity index is 698. The van der Waals surface area contributed by atoms with Crippen molar-refractivity contribution in [2.24, 2.45) is 5.92 Å². The zero-order chi connectivity index (χ0) is 16.2. The summed E-state index contributed by atoms with van der Waals surface area (Å²) >= 11 is 5.94. The number of anilines is 1. The molecule has 23 heavy (non-hydrogen) atoms. The van der Waals surface area contributed by atoms with E-state index in [2.05, 4.69) is 15.0 Å². The molecule has 7 heteroatoms. The first-order valence-electron chi connectivity index (χ1n) is 7.37. The molecule has 1 aromatic heterocycles. The van der Waals surface area contributed by atoms with Crippen molar-refractivity contribution in [1.29, 1.82) is 0 Å². The van der Waals surface area contributed by atoms with E-state index in [1.165, 1.54) is 6.26 Å². The van der Waals surface area contributed by atoms with Gasteiger partial charge in [0.05, 0.1) is 0 Å². The van der Waals surface area contributed by atoms with Gasteiger partial charge in [-0.15, -0.1) is 0 Å². The maximum atomic E-state index is 12.7. The third kappa shape index (κ3) is 4.32. The fraction of sp³-hybridized carbons (Fsp3) is 0.312. The number of benzene rings is 1. The molecule has 2 aromatic rings. The molecule has 1 aliphatic carbocycles. The van der Waals surface area contributed by atoms with Crippen molar-refractivity contribution < 1.29 is 14.1 Å². The molecule has 120 valence electrons. The SMILES string of the molecule is O=C(CN(CC1CC1)C(=O)c1cccc(Cl)c1)Nc1ccon1. The van der Waals surface area contributed by atoms with Gasteiger partial charge < -0.3 is 14.7 Å². The summed E-state index contributed by atoms with van der Waals surface area (Å²) in [5.74, 6) is 0.291. The predicted molar refractivity (Wildman–Crippen MR) is 85.2 cm³/mol. The Morgan fingerprint density at radius 2 is 2.17 bits per heavy atom. The Labute approximate surface area is 138 Å². The smallest absolute Gasteiger partial charge is 0.254 e. The minimum atomic E-state index is -0.310. The molecule has 1 fully saturated rings. The highest BCUT2D eigenvalue weighted by molar-refractivity contribution is 6.31. The van der Waals surface area contributed by atoms with Crippen LogP contribution in [0.3, 0.4) is 0 Å². The highest BCUT2D eigenvalue weighted by atomic mass is 35.5.